The fraction of sp³-hybridized carbons (Fsp3) is 0.385. The number of sulfone groups is 1. The van der Waals surface area contributed by atoms with Crippen LogP contribution in [-0.2, 0) is 22.7 Å². The van der Waals surface area contributed by atoms with E-state index in [4.69, 9.17) is 0 Å². The molecule has 5 heteroatoms. The van der Waals surface area contributed by atoms with Crippen LogP contribution in [0.3, 0.4) is 0 Å². The molecule has 31 heavy (non-hydrogen) atoms. The van der Waals surface area contributed by atoms with Crippen molar-refractivity contribution in [1.29, 1.82) is 0 Å². The Hall–Kier alpha value is -2.37. The third kappa shape index (κ3) is 5.66. The largest absolute Gasteiger partial charge is 0.361 e. The first-order valence-corrected chi connectivity index (χ1v) is 13.1. The van der Waals surface area contributed by atoms with Crippen molar-refractivity contribution in [2.45, 2.75) is 38.6 Å². The van der Waals surface area contributed by atoms with E-state index in [9.17, 15) is 8.42 Å². The average molecular weight is 437 g/mol. The summed E-state index contributed by atoms with van der Waals surface area (Å²) in [6.45, 7) is 3.83. The van der Waals surface area contributed by atoms with Crippen molar-refractivity contribution in [1.82, 2.24) is 9.88 Å². The van der Waals surface area contributed by atoms with Crippen molar-refractivity contribution in [2.75, 3.05) is 24.6 Å². The summed E-state index contributed by atoms with van der Waals surface area (Å²) >= 11 is 0. The summed E-state index contributed by atoms with van der Waals surface area (Å²) in [6.07, 6.45) is 10.7. The van der Waals surface area contributed by atoms with Gasteiger partial charge in [0.25, 0.3) is 0 Å². The number of hydrogen-bond acceptors (Lipinski definition) is 3. The zero-order chi connectivity index (χ0) is 21.7. The maximum absolute atomic E-state index is 11.9. The number of rotatable bonds is 9. The number of H-pyrrole nitrogens is 1. The summed E-state index contributed by atoms with van der Waals surface area (Å²) in [6, 6.07) is 17.3. The lowest BCUT2D eigenvalue weighted by molar-refractivity contribution is 0.280. The first kappa shape index (κ1) is 21.8. The zero-order valence-corrected chi connectivity index (χ0v) is 19.1. The number of nitrogens with zero attached hydrogens (tertiary/aromatic N) is 1. The number of likely N-dealkylation sites (tertiary alicyclic amines) is 1. The molecule has 0 radical (unpaired) electrons. The second-order valence-corrected chi connectivity index (χ2v) is 11.0. The predicted molar refractivity (Wildman–Crippen MR) is 130 cm³/mol. The van der Waals surface area contributed by atoms with E-state index in [2.05, 4.69) is 64.6 Å². The van der Waals surface area contributed by atoms with E-state index in [1.54, 1.807) is 6.92 Å². The van der Waals surface area contributed by atoms with Gasteiger partial charge in [-0.3, -0.25) is 4.90 Å². The minimum absolute atomic E-state index is 0.209. The minimum Gasteiger partial charge on any atom is -0.361 e. The fourth-order valence-corrected chi connectivity index (χ4v) is 5.31. The Bertz CT molecular complexity index is 1130. The van der Waals surface area contributed by atoms with Crippen molar-refractivity contribution < 1.29 is 8.42 Å². The standard InChI is InChI=1S/C26H32N2O2S/c1-2-31(29,30)17-14-22-12-13-26-25(18-22)23(20-27-26)19-24-11-7-16-28(24)15-6-10-21-8-4-3-5-9-21/h3-6,8-10,12-13,18,20,24,27H,2,7,11,14-17,19H2,1H3/b10-6+/t24-/m1/s1. The molecule has 1 N–H and O–H groups in total. The van der Waals surface area contributed by atoms with Crippen LogP contribution in [0.25, 0.3) is 17.0 Å². The Kier molecular flexibility index (Phi) is 6.93. The molecule has 0 saturated carbocycles. The van der Waals surface area contributed by atoms with E-state index >= 15 is 0 Å². The second kappa shape index (κ2) is 9.84. The number of aryl methyl sites for hydroxylation is 1. The average Bonchev–Trinajstić information content (AvgIpc) is 3.40. The van der Waals surface area contributed by atoms with Crippen LogP contribution in [0.2, 0.25) is 0 Å². The van der Waals surface area contributed by atoms with E-state index in [-0.39, 0.29) is 11.5 Å². The molecule has 1 aliphatic rings. The molecule has 1 saturated heterocycles. The molecule has 0 bridgehead atoms. The number of benzene rings is 2. The van der Waals surface area contributed by atoms with Crippen LogP contribution in [0.1, 0.15) is 36.5 Å². The molecule has 0 spiro atoms. The first-order valence-electron chi connectivity index (χ1n) is 11.3. The molecule has 1 atom stereocenters. The van der Waals surface area contributed by atoms with E-state index < -0.39 is 9.84 Å². The Morgan fingerprint density at radius 2 is 2.00 bits per heavy atom. The van der Waals surface area contributed by atoms with Gasteiger partial charge >= 0.3 is 0 Å². The van der Waals surface area contributed by atoms with E-state index in [1.165, 1.54) is 29.4 Å². The SMILES string of the molecule is CCS(=O)(=O)CCc1ccc2[nH]cc(C[C@H]3CCCN3C/C=C/c3ccccc3)c2c1. The first-order chi connectivity index (χ1) is 15.0. The molecule has 0 aliphatic carbocycles. The molecular weight excluding hydrogens is 404 g/mol. The molecule has 2 heterocycles. The van der Waals surface area contributed by atoms with Crippen molar-refractivity contribution in [3.05, 3.63) is 77.5 Å². The van der Waals surface area contributed by atoms with Gasteiger partial charge in [0, 0.05) is 35.4 Å². The molecular formula is C26H32N2O2S. The lowest BCUT2D eigenvalue weighted by atomic mass is 10.0. The number of fused-ring (bicyclic) bond motifs is 1. The minimum atomic E-state index is -2.94. The van der Waals surface area contributed by atoms with Crippen molar-refractivity contribution in [3.63, 3.8) is 0 Å². The van der Waals surface area contributed by atoms with Crippen LogP contribution in [-0.4, -0.2) is 48.9 Å². The Morgan fingerprint density at radius 1 is 1.16 bits per heavy atom. The predicted octanol–water partition coefficient (Wildman–Crippen LogP) is 4.87. The molecule has 0 unspecified atom stereocenters. The van der Waals surface area contributed by atoms with Gasteiger partial charge in [-0.2, -0.15) is 0 Å². The van der Waals surface area contributed by atoms with Crippen molar-refractivity contribution >= 4 is 26.8 Å². The quantitative estimate of drug-likeness (QED) is 0.521. The van der Waals surface area contributed by atoms with Crippen LogP contribution < -0.4 is 0 Å². The molecule has 1 aromatic heterocycles. The maximum atomic E-state index is 11.9. The Balaban J connectivity index is 1.43. The van der Waals surface area contributed by atoms with Crippen LogP contribution in [0.15, 0.2) is 60.8 Å². The van der Waals surface area contributed by atoms with Gasteiger partial charge in [-0.15, -0.1) is 0 Å². The normalized spacial score (nSPS) is 17.8. The molecule has 3 aromatic rings. The topological polar surface area (TPSA) is 53.2 Å². The number of hydrogen-bond donors (Lipinski definition) is 1. The third-order valence-electron chi connectivity index (χ3n) is 6.38. The Morgan fingerprint density at radius 3 is 2.81 bits per heavy atom. The number of aromatic amines is 1. The van der Waals surface area contributed by atoms with Crippen LogP contribution >= 0.6 is 0 Å². The molecule has 4 rings (SSSR count). The fourth-order valence-electron chi connectivity index (χ4n) is 4.48. The van der Waals surface area contributed by atoms with E-state index in [0.717, 1.165) is 30.6 Å². The van der Waals surface area contributed by atoms with Gasteiger partial charge in [-0.1, -0.05) is 55.5 Å². The summed E-state index contributed by atoms with van der Waals surface area (Å²) in [5.74, 6) is 0.430. The van der Waals surface area contributed by atoms with Gasteiger partial charge in [0.2, 0.25) is 0 Å². The van der Waals surface area contributed by atoms with Gasteiger partial charge in [0.15, 0.2) is 0 Å². The third-order valence-corrected chi connectivity index (χ3v) is 8.08. The van der Waals surface area contributed by atoms with Gasteiger partial charge < -0.3 is 4.98 Å². The van der Waals surface area contributed by atoms with Gasteiger partial charge in [0.05, 0.1) is 5.75 Å². The summed E-state index contributed by atoms with van der Waals surface area (Å²) in [7, 11) is -2.94. The van der Waals surface area contributed by atoms with Gasteiger partial charge in [0.1, 0.15) is 9.84 Å². The highest BCUT2D eigenvalue weighted by molar-refractivity contribution is 7.91. The monoisotopic (exact) mass is 436 g/mol. The molecule has 0 amide bonds. The van der Waals surface area contributed by atoms with E-state index in [1.807, 2.05) is 12.1 Å². The smallest absolute Gasteiger partial charge is 0.150 e. The van der Waals surface area contributed by atoms with Crippen LogP contribution in [0, 0.1) is 0 Å². The maximum Gasteiger partial charge on any atom is 0.150 e. The molecule has 1 aliphatic heterocycles. The zero-order valence-electron chi connectivity index (χ0n) is 18.3. The van der Waals surface area contributed by atoms with Crippen molar-refractivity contribution in [2.24, 2.45) is 0 Å². The Labute approximate surface area is 185 Å². The summed E-state index contributed by atoms with van der Waals surface area (Å²) in [4.78, 5) is 5.98. The van der Waals surface area contributed by atoms with Crippen LogP contribution in [0.5, 0.6) is 0 Å². The number of nitrogens with one attached hydrogen (secondary N) is 1. The second-order valence-electron chi connectivity index (χ2n) is 8.49. The van der Waals surface area contributed by atoms with Gasteiger partial charge in [-0.05, 0) is 61.1 Å². The molecule has 1 fully saturated rings. The number of aromatic nitrogens is 1. The summed E-state index contributed by atoms with van der Waals surface area (Å²) in [5, 5.41) is 1.23. The highest BCUT2D eigenvalue weighted by Gasteiger charge is 2.24. The lowest BCUT2D eigenvalue weighted by Gasteiger charge is -2.23. The molecule has 2 aromatic carbocycles. The summed E-state index contributed by atoms with van der Waals surface area (Å²) in [5.41, 5.74) is 4.80. The molecule has 4 nitrogen and oxygen atoms in total. The highest BCUT2D eigenvalue weighted by atomic mass is 32.2. The van der Waals surface area contributed by atoms with E-state index in [0.29, 0.717) is 12.5 Å². The highest BCUT2D eigenvalue weighted by Crippen LogP contribution is 2.26. The molecule has 164 valence electrons. The van der Waals surface area contributed by atoms with Crippen LogP contribution in [0.4, 0.5) is 0 Å². The van der Waals surface area contributed by atoms with Crippen molar-refractivity contribution in [3.8, 4) is 0 Å². The van der Waals surface area contributed by atoms with Gasteiger partial charge in [-0.25, -0.2) is 8.42 Å². The lowest BCUT2D eigenvalue weighted by Crippen LogP contribution is -2.31. The summed E-state index contributed by atoms with van der Waals surface area (Å²) < 4.78 is 23.8.